The molecule has 0 bridgehead atoms. The summed E-state index contributed by atoms with van der Waals surface area (Å²) in [5, 5.41) is 8.57. The Morgan fingerprint density at radius 1 is 1.19 bits per heavy atom. The van der Waals surface area contributed by atoms with Crippen LogP contribution in [0, 0.1) is 0 Å². The molecular formula is C27H31BrN4O3S. The Morgan fingerprint density at radius 2 is 1.92 bits per heavy atom. The van der Waals surface area contributed by atoms with Gasteiger partial charge in [-0.25, -0.2) is 9.48 Å². The van der Waals surface area contributed by atoms with E-state index in [1.54, 1.807) is 16.4 Å². The number of esters is 1. The lowest BCUT2D eigenvalue weighted by atomic mass is 9.87. The highest BCUT2D eigenvalue weighted by Gasteiger charge is 2.36. The first-order valence-corrected chi connectivity index (χ1v) is 13.6. The van der Waals surface area contributed by atoms with Gasteiger partial charge in [0.25, 0.3) is 0 Å². The normalized spacial score (nSPS) is 15.4. The SMILES string of the molecule is CCSc1nc2n(n1)C(c1cc(Br)ccc1OCc1ccc(C(C)(C)C)cc1)C(C(=O)OC)=C(C)N2. The summed E-state index contributed by atoms with van der Waals surface area (Å²) in [6, 6.07) is 13.7. The highest BCUT2D eigenvalue weighted by molar-refractivity contribution is 9.10. The molecule has 0 aliphatic carbocycles. The third-order valence-corrected chi connectivity index (χ3v) is 7.21. The van der Waals surface area contributed by atoms with Crippen molar-refractivity contribution in [3.63, 3.8) is 0 Å². The molecule has 1 unspecified atom stereocenters. The lowest BCUT2D eigenvalue weighted by molar-refractivity contribution is -0.136. The smallest absolute Gasteiger partial charge is 0.338 e. The van der Waals surface area contributed by atoms with Crippen molar-refractivity contribution in [3.8, 4) is 5.75 Å². The van der Waals surface area contributed by atoms with Gasteiger partial charge in [-0.15, -0.1) is 5.10 Å². The summed E-state index contributed by atoms with van der Waals surface area (Å²) in [6.45, 7) is 10.9. The molecule has 1 aliphatic rings. The second-order valence-corrected chi connectivity index (χ2v) is 11.7. The molecule has 2 aromatic carbocycles. The number of ether oxygens (including phenoxy) is 2. The van der Waals surface area contributed by atoms with Crippen LogP contribution in [0.25, 0.3) is 0 Å². The number of benzene rings is 2. The first-order chi connectivity index (χ1) is 17.1. The monoisotopic (exact) mass is 570 g/mol. The Morgan fingerprint density at radius 3 is 2.56 bits per heavy atom. The van der Waals surface area contributed by atoms with E-state index in [9.17, 15) is 4.79 Å². The summed E-state index contributed by atoms with van der Waals surface area (Å²) < 4.78 is 14.1. The number of thioether (sulfide) groups is 1. The molecule has 1 aromatic heterocycles. The van der Waals surface area contributed by atoms with Gasteiger partial charge in [0.05, 0.1) is 12.7 Å². The summed E-state index contributed by atoms with van der Waals surface area (Å²) >= 11 is 5.13. The lowest BCUT2D eigenvalue weighted by Crippen LogP contribution is -2.29. The maximum absolute atomic E-state index is 13.0. The van der Waals surface area contributed by atoms with Crippen LogP contribution in [0.15, 0.2) is 63.4 Å². The van der Waals surface area contributed by atoms with E-state index in [1.165, 1.54) is 12.7 Å². The van der Waals surface area contributed by atoms with E-state index in [0.717, 1.165) is 21.4 Å². The fourth-order valence-corrected chi connectivity index (χ4v) is 5.04. The Hall–Kier alpha value is -2.78. The van der Waals surface area contributed by atoms with Crippen molar-refractivity contribution in [1.29, 1.82) is 0 Å². The van der Waals surface area contributed by atoms with E-state index in [4.69, 9.17) is 14.6 Å². The van der Waals surface area contributed by atoms with E-state index in [-0.39, 0.29) is 5.41 Å². The predicted octanol–water partition coefficient (Wildman–Crippen LogP) is 6.49. The van der Waals surface area contributed by atoms with Crippen molar-refractivity contribution in [2.75, 3.05) is 18.2 Å². The molecule has 9 heteroatoms. The number of nitrogens with one attached hydrogen (secondary N) is 1. The zero-order valence-electron chi connectivity index (χ0n) is 21.4. The van der Waals surface area contributed by atoms with Crippen LogP contribution in [-0.4, -0.2) is 33.6 Å². The molecule has 190 valence electrons. The van der Waals surface area contributed by atoms with E-state index < -0.39 is 12.0 Å². The van der Waals surface area contributed by atoms with Gasteiger partial charge in [-0.3, -0.25) is 0 Å². The maximum Gasteiger partial charge on any atom is 0.338 e. The van der Waals surface area contributed by atoms with Gasteiger partial charge in [-0.2, -0.15) is 4.98 Å². The molecule has 1 atom stereocenters. The minimum absolute atomic E-state index is 0.0895. The maximum atomic E-state index is 13.0. The van der Waals surface area contributed by atoms with Gasteiger partial charge in [-0.1, -0.05) is 79.7 Å². The average Bonchev–Trinajstić information content (AvgIpc) is 3.23. The number of aromatic nitrogens is 3. The van der Waals surface area contributed by atoms with Gasteiger partial charge in [0.1, 0.15) is 18.4 Å². The molecule has 3 aromatic rings. The first kappa shape index (κ1) is 26.3. The minimum atomic E-state index is -0.567. The quantitative estimate of drug-likeness (QED) is 0.257. The van der Waals surface area contributed by atoms with Crippen molar-refractivity contribution < 1.29 is 14.3 Å². The summed E-state index contributed by atoms with van der Waals surface area (Å²) in [7, 11) is 1.38. The molecule has 7 nitrogen and oxygen atoms in total. The molecule has 0 fully saturated rings. The molecule has 4 rings (SSSR count). The van der Waals surface area contributed by atoms with Crippen molar-refractivity contribution >= 4 is 39.6 Å². The standard InChI is InChI=1S/C27H31BrN4O3S/c1-7-36-26-30-25-29-16(2)22(24(33)34-6)23(32(25)31-26)20-14-19(28)12-13-21(20)35-15-17-8-10-18(11-9-17)27(3,4)5/h8-14,23H,7,15H2,1-6H3,(H,29,30,31). The highest BCUT2D eigenvalue weighted by atomic mass is 79.9. The summed E-state index contributed by atoms with van der Waals surface area (Å²) in [6.07, 6.45) is 0. The summed E-state index contributed by atoms with van der Waals surface area (Å²) in [5.74, 6) is 1.64. The largest absolute Gasteiger partial charge is 0.489 e. The van der Waals surface area contributed by atoms with Crippen LogP contribution in [0.3, 0.4) is 0 Å². The average molecular weight is 572 g/mol. The number of allylic oxidation sites excluding steroid dienone is 1. The van der Waals surface area contributed by atoms with Gasteiger partial charge in [-0.05, 0) is 47.4 Å². The van der Waals surface area contributed by atoms with Crippen molar-refractivity contribution in [2.24, 2.45) is 0 Å². The zero-order valence-corrected chi connectivity index (χ0v) is 23.8. The fourth-order valence-electron chi connectivity index (χ4n) is 4.11. The van der Waals surface area contributed by atoms with Crippen LogP contribution in [0.2, 0.25) is 0 Å². The number of carbonyl (C=O) groups is 1. The van der Waals surface area contributed by atoms with Crippen LogP contribution >= 0.6 is 27.7 Å². The molecule has 1 aliphatic heterocycles. The predicted molar refractivity (Wildman–Crippen MR) is 147 cm³/mol. The Labute approximate surface area is 224 Å². The van der Waals surface area contributed by atoms with Crippen LogP contribution < -0.4 is 10.1 Å². The van der Waals surface area contributed by atoms with Crippen molar-refractivity contribution in [1.82, 2.24) is 14.8 Å². The first-order valence-electron chi connectivity index (χ1n) is 11.8. The molecule has 2 heterocycles. The van der Waals surface area contributed by atoms with Crippen molar-refractivity contribution in [3.05, 3.63) is 74.9 Å². The van der Waals surface area contributed by atoms with E-state index >= 15 is 0 Å². The second-order valence-electron chi connectivity index (χ2n) is 9.57. The number of fused-ring (bicyclic) bond motifs is 1. The van der Waals surface area contributed by atoms with Gasteiger partial charge >= 0.3 is 5.97 Å². The fraction of sp³-hybridized carbons (Fsp3) is 0.370. The molecule has 1 N–H and O–H groups in total. The van der Waals surface area contributed by atoms with Crippen molar-refractivity contribution in [2.45, 2.75) is 57.8 Å². The van der Waals surface area contributed by atoms with Gasteiger partial charge < -0.3 is 14.8 Å². The number of halogens is 1. The van der Waals surface area contributed by atoms with Crippen LogP contribution in [0.5, 0.6) is 5.75 Å². The molecule has 0 saturated carbocycles. The van der Waals surface area contributed by atoms with Gasteiger partial charge in [0, 0.05) is 15.7 Å². The minimum Gasteiger partial charge on any atom is -0.489 e. The highest BCUT2D eigenvalue weighted by Crippen LogP contribution is 2.41. The number of anilines is 1. The number of hydrogen-bond acceptors (Lipinski definition) is 7. The molecule has 0 amide bonds. The topological polar surface area (TPSA) is 78.3 Å². The Kier molecular flexibility index (Phi) is 7.80. The number of methoxy groups -OCH3 is 1. The van der Waals surface area contributed by atoms with Crippen LogP contribution in [0.1, 0.15) is 57.4 Å². The molecule has 0 saturated heterocycles. The summed E-state index contributed by atoms with van der Waals surface area (Å²) in [5.41, 5.74) is 4.34. The Balaban J connectivity index is 1.74. The summed E-state index contributed by atoms with van der Waals surface area (Å²) in [4.78, 5) is 17.6. The lowest BCUT2D eigenvalue weighted by Gasteiger charge is -2.29. The third kappa shape index (κ3) is 5.47. The number of rotatable bonds is 7. The van der Waals surface area contributed by atoms with Crippen LogP contribution in [0.4, 0.5) is 5.95 Å². The van der Waals surface area contributed by atoms with E-state index in [0.29, 0.717) is 34.7 Å². The third-order valence-electron chi connectivity index (χ3n) is 5.99. The molecular weight excluding hydrogens is 540 g/mol. The van der Waals surface area contributed by atoms with E-state index in [2.05, 4.69) is 71.3 Å². The Bertz CT molecular complexity index is 1300. The zero-order chi connectivity index (χ0) is 26.0. The number of nitrogens with zero attached hydrogens (tertiary/aromatic N) is 3. The van der Waals surface area contributed by atoms with Gasteiger partial charge in [0.15, 0.2) is 0 Å². The second kappa shape index (κ2) is 10.7. The number of carbonyl (C=O) groups excluding carboxylic acids is 1. The molecule has 36 heavy (non-hydrogen) atoms. The molecule has 0 radical (unpaired) electrons. The van der Waals surface area contributed by atoms with Gasteiger partial charge in [0.2, 0.25) is 11.1 Å². The number of hydrogen-bond donors (Lipinski definition) is 1. The van der Waals surface area contributed by atoms with Crippen LogP contribution in [-0.2, 0) is 21.6 Å². The van der Waals surface area contributed by atoms with E-state index in [1.807, 2.05) is 32.0 Å². The molecule has 0 spiro atoms.